The lowest BCUT2D eigenvalue weighted by Crippen LogP contribution is -2.27. The van der Waals surface area contributed by atoms with Gasteiger partial charge in [-0.2, -0.15) is 5.10 Å². The Balaban J connectivity index is 1.36. The second kappa shape index (κ2) is 9.26. The van der Waals surface area contributed by atoms with E-state index in [-0.39, 0.29) is 11.2 Å². The van der Waals surface area contributed by atoms with Crippen molar-refractivity contribution in [2.24, 2.45) is 4.99 Å². The maximum atomic E-state index is 14.6. The highest BCUT2D eigenvalue weighted by Crippen LogP contribution is 2.41. The molecule has 0 saturated carbocycles. The quantitative estimate of drug-likeness (QED) is 0.433. The van der Waals surface area contributed by atoms with Crippen LogP contribution < -0.4 is 21.1 Å². The number of aromatic amines is 1. The van der Waals surface area contributed by atoms with Crippen molar-refractivity contribution < 1.29 is 9.18 Å². The molecule has 1 aliphatic carbocycles. The number of hydrogen-bond acceptors (Lipinski definition) is 6. The molecule has 2 aliphatic rings. The number of nitrogens with zero attached hydrogens (tertiary/aromatic N) is 3. The number of fused-ring (bicyclic) bond motifs is 1. The third-order valence-electron chi connectivity index (χ3n) is 6.39. The van der Waals surface area contributed by atoms with Crippen LogP contribution in [0.3, 0.4) is 0 Å². The number of carbonyl (C=O) groups excluding carboxylic acids is 1. The van der Waals surface area contributed by atoms with Gasteiger partial charge in [0.25, 0.3) is 11.5 Å². The Hall–Kier alpha value is -4.53. The van der Waals surface area contributed by atoms with Crippen LogP contribution in [0.1, 0.15) is 23.7 Å². The number of rotatable bonds is 7. The topological polar surface area (TPSA) is 102 Å². The van der Waals surface area contributed by atoms with Crippen molar-refractivity contribution in [3.05, 3.63) is 94.2 Å². The second-order valence-electron chi connectivity index (χ2n) is 8.72. The van der Waals surface area contributed by atoms with E-state index < -0.39 is 17.3 Å². The number of carbonyl (C=O) groups is 1. The number of benzene rings is 2. The largest absolute Gasteiger partial charge is 0.375 e. The first-order valence-electron chi connectivity index (χ1n) is 11.6. The third-order valence-corrected chi connectivity index (χ3v) is 6.39. The van der Waals surface area contributed by atoms with Gasteiger partial charge in [-0.05, 0) is 73.2 Å². The molecule has 1 unspecified atom stereocenters. The summed E-state index contributed by atoms with van der Waals surface area (Å²) in [5.41, 5.74) is 2.93. The molecule has 5 rings (SSSR count). The maximum Gasteiger partial charge on any atom is 0.287 e. The predicted octanol–water partition coefficient (Wildman–Crippen LogP) is 4.36. The average Bonchev–Trinajstić information content (AvgIpc) is 3.60. The smallest absolute Gasteiger partial charge is 0.287 e. The van der Waals surface area contributed by atoms with Crippen LogP contribution in [0.25, 0.3) is 11.3 Å². The Labute approximate surface area is 207 Å². The minimum atomic E-state index is -0.577. The molecular formula is C27H25FN6O2. The lowest BCUT2D eigenvalue weighted by Gasteiger charge is -2.17. The van der Waals surface area contributed by atoms with E-state index in [1.165, 1.54) is 12.1 Å². The van der Waals surface area contributed by atoms with E-state index in [4.69, 9.17) is 0 Å². The molecule has 0 saturated heterocycles. The molecular weight excluding hydrogens is 459 g/mol. The molecule has 2 heterocycles. The van der Waals surface area contributed by atoms with Gasteiger partial charge < -0.3 is 15.5 Å². The zero-order valence-electron chi connectivity index (χ0n) is 19.9. The zero-order valence-corrected chi connectivity index (χ0v) is 19.9. The van der Waals surface area contributed by atoms with E-state index >= 15 is 0 Å². The van der Waals surface area contributed by atoms with Crippen molar-refractivity contribution in [3.63, 3.8) is 0 Å². The number of halogens is 1. The normalized spacial score (nSPS) is 17.6. The summed E-state index contributed by atoms with van der Waals surface area (Å²) in [6, 6.07) is 13.0. The van der Waals surface area contributed by atoms with Gasteiger partial charge >= 0.3 is 0 Å². The van der Waals surface area contributed by atoms with Crippen LogP contribution in [0.2, 0.25) is 0 Å². The van der Waals surface area contributed by atoms with Crippen molar-refractivity contribution in [1.29, 1.82) is 0 Å². The predicted molar refractivity (Wildman–Crippen MR) is 140 cm³/mol. The highest BCUT2D eigenvalue weighted by atomic mass is 19.1. The first-order valence-corrected chi connectivity index (χ1v) is 11.6. The molecule has 1 aromatic heterocycles. The number of aromatic nitrogens is 2. The minimum Gasteiger partial charge on any atom is -0.375 e. The van der Waals surface area contributed by atoms with Crippen LogP contribution in [0.15, 0.2) is 82.2 Å². The Bertz CT molecular complexity index is 1470. The summed E-state index contributed by atoms with van der Waals surface area (Å²) in [4.78, 5) is 31.4. The van der Waals surface area contributed by atoms with Crippen LogP contribution in [0.4, 0.5) is 21.5 Å². The molecule has 0 radical (unpaired) electrons. The number of H-pyrrole nitrogens is 1. The molecule has 0 bridgehead atoms. The Morgan fingerprint density at radius 3 is 2.75 bits per heavy atom. The summed E-state index contributed by atoms with van der Waals surface area (Å²) in [6.45, 7) is 2.87. The Morgan fingerprint density at radius 1 is 1.17 bits per heavy atom. The first kappa shape index (κ1) is 23.2. The van der Waals surface area contributed by atoms with Gasteiger partial charge in [-0.3, -0.25) is 14.6 Å². The summed E-state index contributed by atoms with van der Waals surface area (Å²) in [7, 11) is 1.96. The molecule has 2 aromatic carbocycles. The molecule has 1 aliphatic heterocycles. The molecule has 0 fully saturated rings. The van der Waals surface area contributed by atoms with E-state index in [0.29, 0.717) is 28.9 Å². The van der Waals surface area contributed by atoms with E-state index in [2.05, 4.69) is 25.8 Å². The Morgan fingerprint density at radius 2 is 1.97 bits per heavy atom. The standard InChI is InChI=1S/C27H25FN6O2/c1-3-34(2)20-7-4-17(5-8-20)25(35)30-23-14-18(6-9-21(23)28)22-15-24(26(36)33-32-22)31-27-11-13-29-12-10-19(27)16-27/h4-9,11-16H,3,10H2,1-2H3,(H,30,35)(H,31,32)(H,33,36). The molecule has 9 heteroatoms. The number of hydrogen-bond donors (Lipinski definition) is 3. The van der Waals surface area contributed by atoms with Crippen molar-refractivity contribution in [1.82, 2.24) is 10.2 Å². The van der Waals surface area contributed by atoms with Gasteiger partial charge in [0.05, 0.1) is 16.9 Å². The fourth-order valence-electron chi connectivity index (χ4n) is 4.05. The monoisotopic (exact) mass is 484 g/mol. The van der Waals surface area contributed by atoms with Crippen LogP contribution >= 0.6 is 0 Å². The SMILES string of the molecule is CCN(C)c1ccc(C(=O)Nc2cc(-c3cc(NC45C=CN=CCC4=C5)c(=O)[nH]n3)ccc2F)cc1. The molecule has 8 nitrogen and oxygen atoms in total. The number of anilines is 3. The second-order valence-corrected chi connectivity index (χ2v) is 8.72. The van der Waals surface area contributed by atoms with Crippen LogP contribution in [-0.4, -0.2) is 41.5 Å². The molecule has 1 atom stereocenters. The van der Waals surface area contributed by atoms with Crippen LogP contribution in [0, 0.1) is 5.82 Å². The number of amides is 1. The summed E-state index contributed by atoms with van der Waals surface area (Å²) >= 11 is 0. The van der Waals surface area contributed by atoms with E-state index in [1.54, 1.807) is 30.5 Å². The van der Waals surface area contributed by atoms with E-state index in [0.717, 1.165) is 17.8 Å². The number of aliphatic imine (C=N–C) groups is 1. The summed E-state index contributed by atoms with van der Waals surface area (Å²) in [6.07, 6.45) is 8.14. The fraction of sp³-hybridized carbons (Fsp3) is 0.185. The number of nitrogens with one attached hydrogen (secondary N) is 3. The molecule has 3 aromatic rings. The third kappa shape index (κ3) is 4.55. The van der Waals surface area contributed by atoms with Gasteiger partial charge in [0.1, 0.15) is 11.5 Å². The molecule has 1 amide bonds. The van der Waals surface area contributed by atoms with E-state index in [1.807, 2.05) is 49.4 Å². The molecule has 182 valence electrons. The van der Waals surface area contributed by atoms with Gasteiger partial charge in [-0.25, -0.2) is 9.49 Å². The van der Waals surface area contributed by atoms with Crippen molar-refractivity contribution >= 4 is 29.2 Å². The van der Waals surface area contributed by atoms with Crippen LogP contribution in [-0.2, 0) is 0 Å². The van der Waals surface area contributed by atoms with Gasteiger partial charge in [0, 0.05) is 49.2 Å². The van der Waals surface area contributed by atoms with Gasteiger partial charge in [-0.1, -0.05) is 0 Å². The van der Waals surface area contributed by atoms with Gasteiger partial charge in [0.15, 0.2) is 0 Å². The van der Waals surface area contributed by atoms with Gasteiger partial charge in [-0.15, -0.1) is 0 Å². The van der Waals surface area contributed by atoms with E-state index in [9.17, 15) is 14.0 Å². The lowest BCUT2D eigenvalue weighted by atomic mass is 10.1. The highest BCUT2D eigenvalue weighted by Gasteiger charge is 2.42. The van der Waals surface area contributed by atoms with Crippen molar-refractivity contribution in [3.8, 4) is 11.3 Å². The first-order chi connectivity index (χ1) is 17.4. The molecule has 0 spiro atoms. The van der Waals surface area contributed by atoms with Gasteiger partial charge in [0.2, 0.25) is 0 Å². The Kier molecular flexibility index (Phi) is 5.97. The summed E-state index contributed by atoms with van der Waals surface area (Å²) in [5, 5.41) is 12.5. The van der Waals surface area contributed by atoms with Crippen LogP contribution in [0.5, 0.6) is 0 Å². The van der Waals surface area contributed by atoms with Crippen molar-refractivity contribution in [2.75, 3.05) is 29.1 Å². The summed E-state index contributed by atoms with van der Waals surface area (Å²) in [5.74, 6) is -1.01. The lowest BCUT2D eigenvalue weighted by molar-refractivity contribution is 0.102. The van der Waals surface area contributed by atoms with Crippen molar-refractivity contribution in [2.45, 2.75) is 18.9 Å². The highest BCUT2D eigenvalue weighted by molar-refractivity contribution is 6.04. The molecule has 36 heavy (non-hydrogen) atoms. The fourth-order valence-corrected chi connectivity index (χ4v) is 4.05. The maximum absolute atomic E-state index is 14.6. The summed E-state index contributed by atoms with van der Waals surface area (Å²) < 4.78 is 14.6. The molecule has 3 N–H and O–H groups in total. The zero-order chi connectivity index (χ0) is 25.3. The minimum absolute atomic E-state index is 0.0170. The average molecular weight is 485 g/mol.